The Balaban J connectivity index is 2.94. The summed E-state index contributed by atoms with van der Waals surface area (Å²) in [7, 11) is 0. The van der Waals surface area contributed by atoms with Gasteiger partial charge in [0, 0.05) is 6.54 Å². The molecule has 0 aliphatic carbocycles. The van der Waals surface area contributed by atoms with E-state index in [0.29, 0.717) is 0 Å². The Kier molecular flexibility index (Phi) is 4.48. The molecule has 17 heavy (non-hydrogen) atoms. The molecule has 96 valence electrons. The van der Waals surface area contributed by atoms with Crippen molar-refractivity contribution >= 4 is 17.8 Å². The van der Waals surface area contributed by atoms with Gasteiger partial charge in [-0.25, -0.2) is 0 Å². The van der Waals surface area contributed by atoms with Crippen molar-refractivity contribution in [2.24, 2.45) is 5.41 Å². The van der Waals surface area contributed by atoms with E-state index in [0.717, 1.165) is 0 Å². The van der Waals surface area contributed by atoms with Gasteiger partial charge < -0.3 is 14.8 Å². The number of nitrogens with one attached hydrogen (secondary N) is 1. The van der Waals surface area contributed by atoms with Crippen LogP contribution < -0.4 is 5.32 Å². The number of esters is 2. The van der Waals surface area contributed by atoms with Gasteiger partial charge in [0.1, 0.15) is 0 Å². The molecule has 1 aliphatic heterocycles. The van der Waals surface area contributed by atoms with Crippen molar-refractivity contribution in [2.75, 3.05) is 19.8 Å². The highest BCUT2D eigenvalue weighted by molar-refractivity contribution is 6.04. The summed E-state index contributed by atoms with van der Waals surface area (Å²) in [4.78, 5) is 35.1. The highest BCUT2D eigenvalue weighted by Crippen LogP contribution is 2.32. The fourth-order valence-electron chi connectivity index (χ4n) is 1.81. The van der Waals surface area contributed by atoms with Crippen LogP contribution in [0.25, 0.3) is 0 Å². The summed E-state index contributed by atoms with van der Waals surface area (Å²) in [5.74, 6) is -1.68. The van der Waals surface area contributed by atoms with Crippen LogP contribution in [-0.4, -0.2) is 37.6 Å². The van der Waals surface area contributed by atoms with E-state index in [1.165, 1.54) is 0 Å². The van der Waals surface area contributed by atoms with E-state index in [1.54, 1.807) is 13.8 Å². The summed E-state index contributed by atoms with van der Waals surface area (Å²) in [6, 6.07) is 0. The molecule has 0 aromatic rings. The zero-order chi connectivity index (χ0) is 12.9. The smallest absolute Gasteiger partial charge is 0.324 e. The second kappa shape index (κ2) is 5.65. The lowest BCUT2D eigenvalue weighted by Gasteiger charge is -2.31. The molecule has 0 bridgehead atoms. The standard InChI is InChI=1S/C11H17NO5/c1-3-16-9(14)11(10(15)17-4-2)5-6-12-8(13)7-11/h3-7H2,1-2H3,(H,12,13). The molecule has 0 spiro atoms. The molecule has 0 saturated carbocycles. The lowest BCUT2D eigenvalue weighted by Crippen LogP contribution is -2.51. The Bertz CT molecular complexity index is 308. The highest BCUT2D eigenvalue weighted by Gasteiger charge is 2.51. The third kappa shape index (κ3) is 2.75. The van der Waals surface area contributed by atoms with Crippen molar-refractivity contribution in [3.8, 4) is 0 Å². The molecule has 0 radical (unpaired) electrons. The molecular weight excluding hydrogens is 226 g/mol. The molecule has 1 fully saturated rings. The van der Waals surface area contributed by atoms with Crippen molar-refractivity contribution in [3.63, 3.8) is 0 Å². The maximum atomic E-state index is 11.9. The Morgan fingerprint density at radius 1 is 1.24 bits per heavy atom. The summed E-state index contributed by atoms with van der Waals surface area (Å²) >= 11 is 0. The number of hydrogen-bond donors (Lipinski definition) is 1. The summed E-state index contributed by atoms with van der Waals surface area (Å²) < 4.78 is 9.76. The number of carbonyl (C=O) groups is 3. The monoisotopic (exact) mass is 243 g/mol. The molecular formula is C11H17NO5. The predicted molar refractivity (Wildman–Crippen MR) is 57.9 cm³/mol. The van der Waals surface area contributed by atoms with Crippen LogP contribution in [-0.2, 0) is 23.9 Å². The van der Waals surface area contributed by atoms with Crippen molar-refractivity contribution in [2.45, 2.75) is 26.7 Å². The summed E-state index contributed by atoms with van der Waals surface area (Å²) in [5.41, 5.74) is -1.46. The van der Waals surface area contributed by atoms with Gasteiger partial charge in [-0.2, -0.15) is 0 Å². The second-order valence-corrected chi connectivity index (χ2v) is 3.80. The first-order chi connectivity index (χ1) is 8.06. The van der Waals surface area contributed by atoms with Crippen LogP contribution in [0, 0.1) is 5.41 Å². The third-order valence-corrected chi connectivity index (χ3v) is 2.67. The van der Waals surface area contributed by atoms with E-state index >= 15 is 0 Å². The first-order valence-electron chi connectivity index (χ1n) is 5.68. The zero-order valence-corrected chi connectivity index (χ0v) is 10.1. The average molecular weight is 243 g/mol. The maximum absolute atomic E-state index is 11.9. The molecule has 1 heterocycles. The molecule has 1 rings (SSSR count). The van der Waals surface area contributed by atoms with E-state index in [9.17, 15) is 14.4 Å². The lowest BCUT2D eigenvalue weighted by atomic mass is 9.78. The van der Waals surface area contributed by atoms with E-state index in [-0.39, 0.29) is 38.5 Å². The van der Waals surface area contributed by atoms with Crippen molar-refractivity contribution < 1.29 is 23.9 Å². The van der Waals surface area contributed by atoms with Crippen molar-refractivity contribution in [1.82, 2.24) is 5.32 Å². The van der Waals surface area contributed by atoms with Crippen LogP contribution in [0.2, 0.25) is 0 Å². The van der Waals surface area contributed by atoms with Gasteiger partial charge in [0.2, 0.25) is 5.91 Å². The molecule has 0 unspecified atom stereocenters. The topological polar surface area (TPSA) is 81.7 Å². The summed E-state index contributed by atoms with van der Waals surface area (Å²) in [6.07, 6.45) is 0.0150. The van der Waals surface area contributed by atoms with Crippen LogP contribution in [0.15, 0.2) is 0 Å². The van der Waals surface area contributed by atoms with E-state index < -0.39 is 17.4 Å². The normalized spacial score (nSPS) is 18.1. The van der Waals surface area contributed by atoms with Gasteiger partial charge in [-0.3, -0.25) is 14.4 Å². The Morgan fingerprint density at radius 3 is 2.18 bits per heavy atom. The Hall–Kier alpha value is -1.59. The van der Waals surface area contributed by atoms with Gasteiger partial charge >= 0.3 is 11.9 Å². The fourth-order valence-corrected chi connectivity index (χ4v) is 1.81. The van der Waals surface area contributed by atoms with Crippen molar-refractivity contribution in [3.05, 3.63) is 0 Å². The van der Waals surface area contributed by atoms with Gasteiger partial charge in [-0.15, -0.1) is 0 Å². The van der Waals surface area contributed by atoms with E-state index in [1.807, 2.05) is 0 Å². The van der Waals surface area contributed by atoms with Gasteiger partial charge in [0.05, 0.1) is 19.6 Å². The minimum absolute atomic E-state index is 0.168. The molecule has 6 heteroatoms. The summed E-state index contributed by atoms with van der Waals surface area (Å²) in [6.45, 7) is 3.92. The zero-order valence-electron chi connectivity index (χ0n) is 10.1. The molecule has 1 saturated heterocycles. The van der Waals surface area contributed by atoms with Crippen LogP contribution in [0.1, 0.15) is 26.7 Å². The SMILES string of the molecule is CCOC(=O)C1(C(=O)OCC)CCNC(=O)C1. The highest BCUT2D eigenvalue weighted by atomic mass is 16.6. The van der Waals surface area contributed by atoms with Gasteiger partial charge in [0.15, 0.2) is 5.41 Å². The molecule has 0 atom stereocenters. The minimum Gasteiger partial charge on any atom is -0.465 e. The number of amides is 1. The first kappa shape index (κ1) is 13.5. The van der Waals surface area contributed by atoms with Gasteiger partial charge in [-0.05, 0) is 20.3 Å². The maximum Gasteiger partial charge on any atom is 0.324 e. The molecule has 1 amide bonds. The third-order valence-electron chi connectivity index (χ3n) is 2.67. The van der Waals surface area contributed by atoms with Gasteiger partial charge in [0.25, 0.3) is 0 Å². The first-order valence-corrected chi connectivity index (χ1v) is 5.68. The molecule has 0 aromatic heterocycles. The summed E-state index contributed by atoms with van der Waals surface area (Å²) in [5, 5.41) is 2.58. The Labute approximate surface area is 99.6 Å². The number of ether oxygens (including phenoxy) is 2. The quantitative estimate of drug-likeness (QED) is 0.555. The van der Waals surface area contributed by atoms with Crippen molar-refractivity contribution in [1.29, 1.82) is 0 Å². The largest absolute Gasteiger partial charge is 0.465 e. The number of hydrogen-bond acceptors (Lipinski definition) is 5. The van der Waals surface area contributed by atoms with Crippen LogP contribution >= 0.6 is 0 Å². The molecule has 1 aliphatic rings. The number of rotatable bonds is 4. The van der Waals surface area contributed by atoms with Crippen LogP contribution in [0.4, 0.5) is 0 Å². The predicted octanol–water partition coefficient (Wildman–Crippen LogP) is 0.00900. The lowest BCUT2D eigenvalue weighted by molar-refractivity contribution is -0.176. The molecule has 6 nitrogen and oxygen atoms in total. The molecule has 0 aromatic carbocycles. The minimum atomic E-state index is -1.46. The Morgan fingerprint density at radius 2 is 1.76 bits per heavy atom. The molecule has 1 N–H and O–H groups in total. The van der Waals surface area contributed by atoms with E-state index in [4.69, 9.17) is 9.47 Å². The van der Waals surface area contributed by atoms with Crippen LogP contribution in [0.5, 0.6) is 0 Å². The van der Waals surface area contributed by atoms with Gasteiger partial charge in [-0.1, -0.05) is 0 Å². The second-order valence-electron chi connectivity index (χ2n) is 3.80. The van der Waals surface area contributed by atoms with Crippen LogP contribution in [0.3, 0.4) is 0 Å². The number of piperidine rings is 1. The fraction of sp³-hybridized carbons (Fsp3) is 0.727. The average Bonchev–Trinajstić information content (AvgIpc) is 2.29. The number of carbonyl (C=O) groups excluding carboxylic acids is 3. The van der Waals surface area contributed by atoms with E-state index in [2.05, 4.69) is 5.32 Å².